The van der Waals surface area contributed by atoms with Gasteiger partial charge in [0.1, 0.15) is 30.9 Å². The van der Waals surface area contributed by atoms with Gasteiger partial charge in [-0.3, -0.25) is 24.0 Å². The van der Waals surface area contributed by atoms with Gasteiger partial charge in [0.15, 0.2) is 0 Å². The number of alkyl halides is 1. The Hall–Kier alpha value is -3.54. The van der Waals surface area contributed by atoms with Gasteiger partial charge in [0, 0.05) is 19.3 Å². The number of nitrogens with two attached hydrogens (primary N) is 1. The summed E-state index contributed by atoms with van der Waals surface area (Å²) in [5, 5.41) is 20.6. The molecule has 0 aliphatic carbocycles. The van der Waals surface area contributed by atoms with Gasteiger partial charge >= 0.3 is 0 Å². The van der Waals surface area contributed by atoms with Crippen LogP contribution in [0.15, 0.2) is 30.3 Å². The number of primary amides is 1. The Morgan fingerprint density at radius 3 is 2.00 bits per heavy atom. The van der Waals surface area contributed by atoms with Crippen molar-refractivity contribution in [3.8, 4) is 0 Å². The lowest BCUT2D eigenvalue weighted by Crippen LogP contribution is -2.58. The largest absolute Gasteiger partial charge is 0.388 e. The van der Waals surface area contributed by atoms with Crippen molar-refractivity contribution in [3.05, 3.63) is 35.9 Å². The van der Waals surface area contributed by atoms with E-state index in [1.807, 2.05) is 6.07 Å². The summed E-state index contributed by atoms with van der Waals surface area (Å²) in [4.78, 5) is 63.5. The molecule has 11 nitrogen and oxygen atoms in total. The number of carbonyl (C=O) groups is 5. The smallest absolute Gasteiger partial charge is 0.243 e. The monoisotopic (exact) mass is 635 g/mol. The van der Waals surface area contributed by atoms with Crippen molar-refractivity contribution in [2.45, 2.75) is 129 Å². The van der Waals surface area contributed by atoms with Crippen LogP contribution in [-0.2, 0) is 30.4 Å². The fraction of sp³-hybridized carbons (Fsp3) is 0.667. The van der Waals surface area contributed by atoms with Crippen LogP contribution in [0.3, 0.4) is 0 Å². The molecule has 0 fully saturated rings. The fourth-order valence-electron chi connectivity index (χ4n) is 4.80. The highest BCUT2D eigenvalue weighted by molar-refractivity contribution is 5.94. The fourth-order valence-corrected chi connectivity index (χ4v) is 4.80. The number of unbranched alkanes of at least 4 members (excludes halogenated alkanes) is 6. The van der Waals surface area contributed by atoms with Crippen LogP contribution in [0.1, 0.15) is 97.5 Å². The van der Waals surface area contributed by atoms with Crippen molar-refractivity contribution >= 4 is 29.5 Å². The molecule has 1 aromatic carbocycles. The number of amides is 5. The van der Waals surface area contributed by atoms with Gasteiger partial charge in [-0.15, -0.1) is 0 Å². The molecule has 0 saturated carbocycles. The Labute approximate surface area is 267 Å². The molecule has 45 heavy (non-hydrogen) atoms. The molecule has 1 rings (SSSR count). The number of carbonyl (C=O) groups excluding carboxylic acids is 5. The van der Waals surface area contributed by atoms with Crippen molar-refractivity contribution in [1.82, 2.24) is 21.3 Å². The maximum Gasteiger partial charge on any atom is 0.243 e. The number of rotatable bonds is 23. The van der Waals surface area contributed by atoms with E-state index in [1.165, 1.54) is 26.2 Å². The van der Waals surface area contributed by atoms with E-state index in [0.29, 0.717) is 6.42 Å². The standard InChI is InChI=1S/C33H54FN5O6/c1-5-6-7-8-9-10-14-17-29(42)39-30(22(2)3)33(45)38-26(20-24-15-12-11-13-16-24)32(44)36-23(4)31(43)37-25(27(40)21-34)18-19-28(35)41/h11-13,15-16,22-23,25-27,30,40H,5-10,14,17-21H2,1-4H3,(H2,35,41)(H,36,44)(H,37,43)(H,38,45)(H,39,42)/t23-,25?,26-,27?,30-/m0/s1. The number of nitrogens with one attached hydrogen (secondary N) is 4. The van der Waals surface area contributed by atoms with Gasteiger partial charge in [-0.25, -0.2) is 4.39 Å². The van der Waals surface area contributed by atoms with Crippen molar-refractivity contribution in [2.24, 2.45) is 11.7 Å². The molecule has 254 valence electrons. The van der Waals surface area contributed by atoms with Gasteiger partial charge in [0.05, 0.1) is 6.04 Å². The molecule has 12 heteroatoms. The van der Waals surface area contributed by atoms with Crippen molar-refractivity contribution in [2.75, 3.05) is 6.67 Å². The van der Waals surface area contributed by atoms with Gasteiger partial charge in [0.2, 0.25) is 29.5 Å². The van der Waals surface area contributed by atoms with Crippen LogP contribution in [-0.4, -0.2) is 71.6 Å². The van der Waals surface area contributed by atoms with Crippen molar-refractivity contribution in [1.29, 1.82) is 0 Å². The van der Waals surface area contributed by atoms with Gasteiger partial charge in [-0.05, 0) is 31.2 Å². The summed E-state index contributed by atoms with van der Waals surface area (Å²) in [6.45, 7) is 6.03. The van der Waals surface area contributed by atoms with Gasteiger partial charge in [-0.2, -0.15) is 0 Å². The molecule has 0 aromatic heterocycles. The molecule has 5 atom stereocenters. The number of aliphatic hydroxyl groups excluding tert-OH is 1. The van der Waals surface area contributed by atoms with E-state index in [0.717, 1.165) is 31.2 Å². The molecule has 0 aliphatic rings. The number of benzene rings is 1. The lowest BCUT2D eigenvalue weighted by atomic mass is 10.0. The highest BCUT2D eigenvalue weighted by atomic mass is 19.1. The Kier molecular flexibility index (Phi) is 19.3. The molecule has 0 heterocycles. The average Bonchev–Trinajstić information content (AvgIpc) is 3.00. The lowest BCUT2D eigenvalue weighted by molar-refractivity contribution is -0.134. The minimum Gasteiger partial charge on any atom is -0.388 e. The molecule has 0 saturated heterocycles. The van der Waals surface area contributed by atoms with E-state index < -0.39 is 60.6 Å². The van der Waals surface area contributed by atoms with Gasteiger partial charge < -0.3 is 32.1 Å². The maximum absolute atomic E-state index is 13.4. The Balaban J connectivity index is 2.91. The van der Waals surface area contributed by atoms with Crippen LogP contribution in [0.25, 0.3) is 0 Å². The minimum absolute atomic E-state index is 0.0826. The van der Waals surface area contributed by atoms with Crippen molar-refractivity contribution < 1.29 is 33.5 Å². The number of halogens is 1. The summed E-state index contributed by atoms with van der Waals surface area (Å²) in [7, 11) is 0. The molecule has 2 unspecified atom stereocenters. The lowest BCUT2D eigenvalue weighted by Gasteiger charge is -2.27. The van der Waals surface area contributed by atoms with Crippen LogP contribution in [0.2, 0.25) is 0 Å². The van der Waals surface area contributed by atoms with Crippen LogP contribution in [0, 0.1) is 5.92 Å². The molecule has 0 aliphatic heterocycles. The summed E-state index contributed by atoms with van der Waals surface area (Å²) in [6.07, 6.45) is 6.07. The molecule has 5 amide bonds. The van der Waals surface area contributed by atoms with E-state index in [4.69, 9.17) is 5.73 Å². The van der Waals surface area contributed by atoms with Crippen LogP contribution < -0.4 is 27.0 Å². The Morgan fingerprint density at radius 2 is 1.42 bits per heavy atom. The van der Waals surface area contributed by atoms with E-state index in [-0.39, 0.29) is 31.1 Å². The van der Waals surface area contributed by atoms with E-state index in [9.17, 15) is 33.5 Å². The quantitative estimate of drug-likeness (QED) is 0.101. The van der Waals surface area contributed by atoms with E-state index in [1.54, 1.807) is 38.1 Å². The van der Waals surface area contributed by atoms with E-state index >= 15 is 0 Å². The Morgan fingerprint density at radius 1 is 0.800 bits per heavy atom. The first-order valence-corrected chi connectivity index (χ1v) is 16.2. The molecule has 7 N–H and O–H groups in total. The van der Waals surface area contributed by atoms with Gasteiger partial charge in [-0.1, -0.05) is 89.6 Å². The summed E-state index contributed by atoms with van der Waals surface area (Å²) < 4.78 is 13.1. The molecule has 1 aromatic rings. The first kappa shape index (κ1) is 39.5. The van der Waals surface area contributed by atoms with Crippen LogP contribution in [0.4, 0.5) is 4.39 Å². The highest BCUT2D eigenvalue weighted by Gasteiger charge is 2.31. The third-order valence-corrected chi connectivity index (χ3v) is 7.59. The van der Waals surface area contributed by atoms with Crippen molar-refractivity contribution in [3.63, 3.8) is 0 Å². The normalized spacial score (nSPS) is 14.5. The number of aliphatic hydroxyl groups is 1. The number of hydrogen-bond acceptors (Lipinski definition) is 6. The predicted octanol–water partition coefficient (Wildman–Crippen LogP) is 2.58. The minimum atomic E-state index is -1.56. The topological polar surface area (TPSA) is 180 Å². The summed E-state index contributed by atoms with van der Waals surface area (Å²) >= 11 is 0. The van der Waals surface area contributed by atoms with Gasteiger partial charge in [0.25, 0.3) is 0 Å². The second-order valence-corrected chi connectivity index (χ2v) is 12.0. The Bertz CT molecular complexity index is 1060. The highest BCUT2D eigenvalue weighted by Crippen LogP contribution is 2.11. The second-order valence-electron chi connectivity index (χ2n) is 12.0. The van der Waals surface area contributed by atoms with Crippen LogP contribution >= 0.6 is 0 Å². The first-order valence-electron chi connectivity index (χ1n) is 16.2. The predicted molar refractivity (Wildman–Crippen MR) is 171 cm³/mol. The number of hydrogen-bond donors (Lipinski definition) is 6. The molecule has 0 bridgehead atoms. The zero-order chi connectivity index (χ0) is 33.8. The second kappa shape index (κ2) is 22.0. The van der Waals surface area contributed by atoms with E-state index in [2.05, 4.69) is 28.2 Å². The molecular weight excluding hydrogens is 581 g/mol. The average molecular weight is 636 g/mol. The maximum atomic E-state index is 13.4. The molecular formula is C33H54FN5O6. The SMILES string of the molecule is CCCCCCCCCC(=O)N[C@H](C(=O)N[C@@H](Cc1ccccc1)C(=O)N[C@@H](C)C(=O)NC(CCC(N)=O)C(O)CF)C(C)C. The zero-order valence-corrected chi connectivity index (χ0v) is 27.3. The zero-order valence-electron chi connectivity index (χ0n) is 27.3. The van der Waals surface area contributed by atoms with Crippen LogP contribution in [0.5, 0.6) is 0 Å². The summed E-state index contributed by atoms with van der Waals surface area (Å²) in [6, 6.07) is 4.84. The summed E-state index contributed by atoms with van der Waals surface area (Å²) in [5.74, 6) is -3.04. The molecule has 0 radical (unpaired) electrons. The summed E-state index contributed by atoms with van der Waals surface area (Å²) in [5.41, 5.74) is 5.91. The molecule has 0 spiro atoms. The third-order valence-electron chi connectivity index (χ3n) is 7.59. The third kappa shape index (κ3) is 16.4. The first-order chi connectivity index (χ1) is 21.4.